The van der Waals surface area contributed by atoms with Gasteiger partial charge in [-0.15, -0.1) is 0 Å². The summed E-state index contributed by atoms with van der Waals surface area (Å²) in [7, 11) is 1.91. The van der Waals surface area contributed by atoms with Crippen molar-refractivity contribution in [2.45, 2.75) is 20.5 Å². The standard InChI is InChI=1S/C21H22N2O2.CH5N3O/c1-15-8-7-11-19(22-3)18(15)14-24-21-13-12-20(16(2)23-21)25-17-9-5-4-6-10-17;2-4-3-1-5/h4-13,22H,14H2,1-3H3;1,4H,2H2,(H,3,5). The molecule has 5 N–H and O–H groups in total. The van der Waals surface area contributed by atoms with Gasteiger partial charge in [0.2, 0.25) is 12.3 Å². The van der Waals surface area contributed by atoms with Crippen LogP contribution in [0.3, 0.4) is 0 Å². The summed E-state index contributed by atoms with van der Waals surface area (Å²) in [6.45, 7) is 4.46. The fourth-order valence-corrected chi connectivity index (χ4v) is 2.64. The second-order valence-corrected chi connectivity index (χ2v) is 6.19. The lowest BCUT2D eigenvalue weighted by atomic mass is 10.1. The van der Waals surface area contributed by atoms with E-state index >= 15 is 0 Å². The number of carbonyl (C=O) groups is 1. The predicted octanol–water partition coefficient (Wildman–Crippen LogP) is 3.22. The van der Waals surface area contributed by atoms with Gasteiger partial charge < -0.3 is 14.8 Å². The van der Waals surface area contributed by atoms with E-state index in [1.54, 1.807) is 0 Å². The van der Waals surface area contributed by atoms with Crippen molar-refractivity contribution >= 4 is 12.1 Å². The summed E-state index contributed by atoms with van der Waals surface area (Å²) in [6.07, 6.45) is 0.444. The smallest absolute Gasteiger partial charge is 0.222 e. The monoisotopic (exact) mass is 409 g/mol. The molecule has 0 fully saturated rings. The molecule has 0 aliphatic rings. The van der Waals surface area contributed by atoms with Crippen molar-refractivity contribution in [1.29, 1.82) is 0 Å². The van der Waals surface area contributed by atoms with E-state index in [1.165, 1.54) is 5.56 Å². The van der Waals surface area contributed by atoms with Crippen molar-refractivity contribution in [3.63, 3.8) is 0 Å². The summed E-state index contributed by atoms with van der Waals surface area (Å²) in [4.78, 5) is 13.7. The molecule has 30 heavy (non-hydrogen) atoms. The van der Waals surface area contributed by atoms with Crippen LogP contribution >= 0.6 is 0 Å². The van der Waals surface area contributed by atoms with Crippen LogP contribution < -0.4 is 31.6 Å². The van der Waals surface area contributed by atoms with Gasteiger partial charge in [-0.05, 0) is 43.7 Å². The topological polar surface area (TPSA) is 111 Å². The first kappa shape index (κ1) is 22.7. The van der Waals surface area contributed by atoms with Crippen LogP contribution in [0.4, 0.5) is 5.69 Å². The lowest BCUT2D eigenvalue weighted by Crippen LogP contribution is -2.36. The Labute approximate surface area is 176 Å². The maximum absolute atomic E-state index is 9.15. The third kappa shape index (κ3) is 6.77. The molecular weight excluding hydrogens is 382 g/mol. The zero-order chi connectivity index (χ0) is 21.8. The number of benzene rings is 2. The molecule has 0 spiro atoms. The number of para-hydroxylation sites is 1. The molecule has 0 bridgehead atoms. The van der Waals surface area contributed by atoms with Crippen molar-refractivity contribution in [1.82, 2.24) is 15.9 Å². The highest BCUT2D eigenvalue weighted by molar-refractivity contribution is 5.53. The van der Waals surface area contributed by atoms with Crippen molar-refractivity contribution in [3.05, 3.63) is 77.5 Å². The van der Waals surface area contributed by atoms with Crippen LogP contribution in [0, 0.1) is 13.8 Å². The number of pyridine rings is 1. The Hall–Kier alpha value is -3.62. The van der Waals surface area contributed by atoms with E-state index in [2.05, 4.69) is 29.1 Å². The molecule has 2 aromatic carbocycles. The number of anilines is 1. The normalized spacial score (nSPS) is 9.73. The second kappa shape index (κ2) is 12.1. The van der Waals surface area contributed by atoms with Gasteiger partial charge in [-0.1, -0.05) is 30.3 Å². The zero-order valence-corrected chi connectivity index (χ0v) is 17.3. The van der Waals surface area contributed by atoms with Gasteiger partial charge in [0.25, 0.3) is 0 Å². The van der Waals surface area contributed by atoms with Gasteiger partial charge in [-0.3, -0.25) is 16.1 Å². The average Bonchev–Trinajstić information content (AvgIpc) is 2.76. The van der Waals surface area contributed by atoms with E-state index in [-0.39, 0.29) is 0 Å². The molecule has 0 aliphatic heterocycles. The van der Waals surface area contributed by atoms with Crippen LogP contribution in [0.25, 0.3) is 0 Å². The highest BCUT2D eigenvalue weighted by Gasteiger charge is 2.08. The van der Waals surface area contributed by atoms with Crippen molar-refractivity contribution in [3.8, 4) is 17.4 Å². The molecule has 1 aromatic heterocycles. The molecule has 0 saturated carbocycles. The number of ether oxygens (including phenoxy) is 2. The van der Waals surface area contributed by atoms with Gasteiger partial charge in [0.15, 0.2) is 0 Å². The first-order valence-electron chi connectivity index (χ1n) is 9.33. The zero-order valence-electron chi connectivity index (χ0n) is 17.3. The van der Waals surface area contributed by atoms with Crippen LogP contribution in [-0.4, -0.2) is 18.4 Å². The molecule has 8 nitrogen and oxygen atoms in total. The molecule has 0 radical (unpaired) electrons. The third-order valence-electron chi connectivity index (χ3n) is 4.17. The van der Waals surface area contributed by atoms with Crippen molar-refractivity contribution in [2.75, 3.05) is 12.4 Å². The van der Waals surface area contributed by atoms with E-state index in [9.17, 15) is 0 Å². The Morgan fingerprint density at radius 2 is 1.80 bits per heavy atom. The minimum atomic E-state index is 0.444. The van der Waals surface area contributed by atoms with Crippen LogP contribution in [0.15, 0.2) is 60.7 Å². The van der Waals surface area contributed by atoms with Gasteiger partial charge in [0.1, 0.15) is 18.1 Å². The van der Waals surface area contributed by atoms with Crippen LogP contribution in [0.1, 0.15) is 16.8 Å². The molecule has 0 saturated heterocycles. The van der Waals surface area contributed by atoms with E-state index in [4.69, 9.17) is 14.3 Å². The van der Waals surface area contributed by atoms with Crippen LogP contribution in [0.2, 0.25) is 0 Å². The summed E-state index contributed by atoms with van der Waals surface area (Å²) in [5.74, 6) is 6.65. The number of nitrogens with zero attached hydrogens (tertiary/aromatic N) is 1. The fraction of sp³-hybridized carbons (Fsp3) is 0.182. The summed E-state index contributed by atoms with van der Waals surface area (Å²) >= 11 is 0. The molecule has 3 aromatic rings. The number of carbonyl (C=O) groups excluding carboxylic acids is 1. The Kier molecular flexibility index (Phi) is 9.11. The SMILES string of the molecule is CNc1cccc(C)c1COc1ccc(Oc2ccccc2)c(C)n1.NNNC=O. The first-order valence-corrected chi connectivity index (χ1v) is 9.33. The summed E-state index contributed by atoms with van der Waals surface area (Å²) in [5.41, 5.74) is 8.04. The lowest BCUT2D eigenvalue weighted by Gasteiger charge is -2.14. The highest BCUT2D eigenvalue weighted by Crippen LogP contribution is 2.26. The third-order valence-corrected chi connectivity index (χ3v) is 4.17. The van der Waals surface area contributed by atoms with Crippen molar-refractivity contribution < 1.29 is 14.3 Å². The largest absolute Gasteiger partial charge is 0.473 e. The van der Waals surface area contributed by atoms with Gasteiger partial charge in [-0.2, -0.15) is 5.53 Å². The molecule has 3 rings (SSSR count). The minimum absolute atomic E-state index is 0.444. The number of nitrogens with two attached hydrogens (primary N) is 1. The van der Waals surface area contributed by atoms with Gasteiger partial charge in [-0.25, -0.2) is 4.98 Å². The molecule has 0 unspecified atom stereocenters. The van der Waals surface area contributed by atoms with E-state index in [1.807, 2.05) is 79.5 Å². The molecule has 0 atom stereocenters. The van der Waals surface area contributed by atoms with Gasteiger partial charge in [0, 0.05) is 24.4 Å². The lowest BCUT2D eigenvalue weighted by molar-refractivity contribution is -0.110. The molecule has 158 valence electrons. The maximum atomic E-state index is 9.15. The van der Waals surface area contributed by atoms with E-state index < -0.39 is 0 Å². The summed E-state index contributed by atoms with van der Waals surface area (Å²) < 4.78 is 11.7. The summed E-state index contributed by atoms with van der Waals surface area (Å²) in [6, 6.07) is 19.6. The number of aryl methyl sites for hydroxylation is 2. The second-order valence-electron chi connectivity index (χ2n) is 6.19. The molecule has 1 heterocycles. The van der Waals surface area contributed by atoms with Gasteiger partial charge in [0.05, 0.1) is 5.69 Å². The first-order chi connectivity index (χ1) is 14.6. The van der Waals surface area contributed by atoms with Crippen LogP contribution in [-0.2, 0) is 11.4 Å². The number of amides is 1. The Bertz CT molecular complexity index is 935. The number of hydrogen-bond acceptors (Lipinski definition) is 7. The minimum Gasteiger partial charge on any atom is -0.473 e. The van der Waals surface area contributed by atoms with Crippen molar-refractivity contribution in [2.24, 2.45) is 5.84 Å². The highest BCUT2D eigenvalue weighted by atomic mass is 16.5. The number of hydrogen-bond donors (Lipinski definition) is 4. The molecular formula is C22H27N5O3. The summed E-state index contributed by atoms with van der Waals surface area (Å²) in [5, 5.41) is 3.20. The number of hydrazine groups is 2. The molecule has 8 heteroatoms. The maximum Gasteiger partial charge on any atom is 0.222 e. The predicted molar refractivity (Wildman–Crippen MR) is 117 cm³/mol. The quantitative estimate of drug-likeness (QED) is 0.257. The number of nitrogens with one attached hydrogen (secondary N) is 3. The molecule has 0 aliphatic carbocycles. The van der Waals surface area contributed by atoms with E-state index in [0.717, 1.165) is 28.4 Å². The average molecular weight is 409 g/mol. The fourth-order valence-electron chi connectivity index (χ4n) is 2.64. The van der Waals surface area contributed by atoms with E-state index in [0.29, 0.717) is 18.9 Å². The number of aromatic nitrogens is 1. The molecule has 1 amide bonds. The van der Waals surface area contributed by atoms with Crippen LogP contribution in [0.5, 0.6) is 17.4 Å². The number of rotatable bonds is 8. The Balaban J connectivity index is 0.000000575. The Morgan fingerprint density at radius 1 is 1.03 bits per heavy atom. The van der Waals surface area contributed by atoms with Gasteiger partial charge >= 0.3 is 0 Å². The Morgan fingerprint density at radius 3 is 2.40 bits per heavy atom.